The molecule has 1 aromatic carbocycles. The quantitative estimate of drug-likeness (QED) is 0.675. The van der Waals surface area contributed by atoms with Crippen molar-refractivity contribution in [1.29, 1.82) is 0 Å². The van der Waals surface area contributed by atoms with Gasteiger partial charge in [-0.3, -0.25) is 5.10 Å². The number of H-pyrrole nitrogens is 1. The van der Waals surface area contributed by atoms with Gasteiger partial charge in [0.2, 0.25) is 0 Å². The Balaban J connectivity index is 1.87. The smallest absolute Gasteiger partial charge is 0.407 e. The molecule has 1 aromatic heterocycles. The van der Waals surface area contributed by atoms with E-state index in [1.807, 2.05) is 51.1 Å². The molecule has 2 aromatic rings. The van der Waals surface area contributed by atoms with Crippen LogP contribution in [-0.2, 0) is 4.74 Å². The minimum absolute atomic E-state index is 0.424. The number of nitrogens with zero attached hydrogens (tertiary/aromatic N) is 1. The first-order chi connectivity index (χ1) is 11.0. The molecule has 5 nitrogen and oxygen atoms in total. The van der Waals surface area contributed by atoms with Crippen LogP contribution in [0.1, 0.15) is 32.8 Å². The van der Waals surface area contributed by atoms with Gasteiger partial charge in [-0.05, 0) is 20.8 Å². The molecule has 0 spiro atoms. The molecule has 0 saturated heterocycles. The maximum absolute atomic E-state index is 11.5. The number of carbonyl (C=O) groups is 1. The fraction of sp³-hybridized carbons (Fsp3) is 0.333. The van der Waals surface area contributed by atoms with Gasteiger partial charge in [-0.25, -0.2) is 4.79 Å². The normalized spacial score (nSPS) is 10.6. The molecule has 0 unspecified atom stereocenters. The third-order valence-electron chi connectivity index (χ3n) is 2.84. The Kier molecular flexibility index (Phi) is 5.42. The predicted octanol–water partition coefficient (Wildman–Crippen LogP) is 3.34. The number of aromatic amines is 1. The summed E-state index contributed by atoms with van der Waals surface area (Å²) < 4.78 is 5.15. The Labute approximate surface area is 136 Å². The molecule has 23 heavy (non-hydrogen) atoms. The zero-order valence-corrected chi connectivity index (χ0v) is 13.6. The molecule has 0 aliphatic rings. The molecule has 0 aliphatic heterocycles. The Morgan fingerprint density at radius 1 is 1.30 bits per heavy atom. The van der Waals surface area contributed by atoms with E-state index in [0.29, 0.717) is 13.0 Å². The minimum Gasteiger partial charge on any atom is -0.444 e. The summed E-state index contributed by atoms with van der Waals surface area (Å²) in [5, 5.41) is 9.69. The lowest BCUT2D eigenvalue weighted by Gasteiger charge is -2.19. The van der Waals surface area contributed by atoms with E-state index >= 15 is 0 Å². The topological polar surface area (TPSA) is 67.0 Å². The number of hydrogen-bond donors (Lipinski definition) is 2. The van der Waals surface area contributed by atoms with Gasteiger partial charge in [0.05, 0.1) is 17.5 Å². The molecule has 0 radical (unpaired) electrons. The number of aromatic nitrogens is 2. The van der Waals surface area contributed by atoms with Crippen LogP contribution in [0.5, 0.6) is 0 Å². The van der Waals surface area contributed by atoms with E-state index in [9.17, 15) is 4.79 Å². The number of alkyl carbamates (subject to hydrolysis) is 1. The van der Waals surface area contributed by atoms with Crippen LogP contribution in [0.25, 0.3) is 11.3 Å². The Morgan fingerprint density at radius 3 is 2.74 bits per heavy atom. The van der Waals surface area contributed by atoms with Gasteiger partial charge in [-0.2, -0.15) is 5.10 Å². The van der Waals surface area contributed by atoms with Crippen molar-refractivity contribution >= 4 is 6.09 Å². The standard InChI is InChI=1S/C18H21N3O2/c1-18(2,3)23-17(22)19-12-8-7-11-15-13-20-21-16(15)14-9-5-4-6-10-14/h4-6,9-10,13H,8,12H2,1-3H3,(H,19,22)(H,20,21). The number of rotatable bonds is 3. The molecule has 0 atom stereocenters. The summed E-state index contributed by atoms with van der Waals surface area (Å²) in [4.78, 5) is 11.5. The van der Waals surface area contributed by atoms with Crippen LogP contribution >= 0.6 is 0 Å². The molecule has 0 saturated carbocycles. The van der Waals surface area contributed by atoms with Crippen molar-refractivity contribution in [3.63, 3.8) is 0 Å². The molecule has 0 aliphatic carbocycles. The second-order valence-electron chi connectivity index (χ2n) is 6.01. The van der Waals surface area contributed by atoms with Crippen molar-refractivity contribution in [2.24, 2.45) is 0 Å². The monoisotopic (exact) mass is 311 g/mol. The summed E-state index contributed by atoms with van der Waals surface area (Å²) in [5.41, 5.74) is 2.30. The molecular weight excluding hydrogens is 290 g/mol. The zero-order chi connectivity index (χ0) is 16.7. The molecule has 5 heteroatoms. The van der Waals surface area contributed by atoms with E-state index in [2.05, 4.69) is 27.4 Å². The molecular formula is C18H21N3O2. The first-order valence-electron chi connectivity index (χ1n) is 7.50. The van der Waals surface area contributed by atoms with Crippen LogP contribution in [0.2, 0.25) is 0 Å². The first-order valence-corrected chi connectivity index (χ1v) is 7.50. The Hall–Kier alpha value is -2.74. The lowest BCUT2D eigenvalue weighted by Crippen LogP contribution is -2.32. The van der Waals surface area contributed by atoms with Gasteiger partial charge in [0.25, 0.3) is 0 Å². The SMILES string of the molecule is CC(C)(C)OC(=O)NCCC#Cc1cn[nH]c1-c1ccccc1. The molecule has 0 bridgehead atoms. The zero-order valence-electron chi connectivity index (χ0n) is 13.6. The van der Waals surface area contributed by atoms with Crippen molar-refractivity contribution in [2.45, 2.75) is 32.8 Å². The van der Waals surface area contributed by atoms with Gasteiger partial charge in [-0.15, -0.1) is 0 Å². The average molecular weight is 311 g/mol. The van der Waals surface area contributed by atoms with Gasteiger partial charge in [0.1, 0.15) is 5.60 Å². The first kappa shape index (κ1) is 16.6. The fourth-order valence-electron chi connectivity index (χ4n) is 1.90. The van der Waals surface area contributed by atoms with Gasteiger partial charge in [0.15, 0.2) is 0 Å². The highest BCUT2D eigenvalue weighted by atomic mass is 16.6. The minimum atomic E-state index is -0.489. The summed E-state index contributed by atoms with van der Waals surface area (Å²) in [6, 6.07) is 9.91. The van der Waals surface area contributed by atoms with Gasteiger partial charge in [-0.1, -0.05) is 42.2 Å². The van der Waals surface area contributed by atoms with E-state index in [0.717, 1.165) is 16.8 Å². The summed E-state index contributed by atoms with van der Waals surface area (Å²) in [6.07, 6.45) is 1.82. The second-order valence-corrected chi connectivity index (χ2v) is 6.01. The van der Waals surface area contributed by atoms with Crippen LogP contribution in [0.3, 0.4) is 0 Å². The van der Waals surface area contributed by atoms with Gasteiger partial charge >= 0.3 is 6.09 Å². The van der Waals surface area contributed by atoms with Crippen molar-refractivity contribution < 1.29 is 9.53 Å². The highest BCUT2D eigenvalue weighted by Crippen LogP contribution is 2.19. The lowest BCUT2D eigenvalue weighted by molar-refractivity contribution is 0.0529. The van der Waals surface area contributed by atoms with E-state index in [1.54, 1.807) is 6.20 Å². The Morgan fingerprint density at radius 2 is 2.04 bits per heavy atom. The molecule has 2 rings (SSSR count). The Bertz CT molecular complexity index is 703. The highest BCUT2D eigenvalue weighted by molar-refractivity contribution is 5.68. The summed E-state index contributed by atoms with van der Waals surface area (Å²) in [5.74, 6) is 6.11. The molecule has 120 valence electrons. The number of carbonyl (C=O) groups excluding carboxylic acids is 1. The van der Waals surface area contributed by atoms with E-state index < -0.39 is 11.7 Å². The van der Waals surface area contributed by atoms with E-state index in [1.165, 1.54) is 0 Å². The number of ether oxygens (including phenoxy) is 1. The maximum Gasteiger partial charge on any atom is 0.407 e. The van der Waals surface area contributed by atoms with Crippen LogP contribution in [0.15, 0.2) is 36.5 Å². The van der Waals surface area contributed by atoms with Gasteiger partial charge < -0.3 is 10.1 Å². The van der Waals surface area contributed by atoms with Crippen molar-refractivity contribution in [3.8, 4) is 23.1 Å². The summed E-state index contributed by atoms with van der Waals surface area (Å²) >= 11 is 0. The van der Waals surface area contributed by atoms with Crippen molar-refractivity contribution in [1.82, 2.24) is 15.5 Å². The number of benzene rings is 1. The number of nitrogens with one attached hydrogen (secondary N) is 2. The largest absolute Gasteiger partial charge is 0.444 e. The van der Waals surface area contributed by atoms with Crippen LogP contribution in [0.4, 0.5) is 4.79 Å². The molecule has 2 N–H and O–H groups in total. The molecule has 0 fully saturated rings. The van der Waals surface area contributed by atoms with Crippen LogP contribution < -0.4 is 5.32 Å². The number of hydrogen-bond acceptors (Lipinski definition) is 3. The summed E-state index contributed by atoms with van der Waals surface area (Å²) in [6.45, 7) is 5.93. The third-order valence-corrected chi connectivity index (χ3v) is 2.84. The van der Waals surface area contributed by atoms with Gasteiger partial charge in [0, 0.05) is 18.5 Å². The molecule has 1 heterocycles. The fourth-order valence-corrected chi connectivity index (χ4v) is 1.90. The van der Waals surface area contributed by atoms with Crippen molar-refractivity contribution in [3.05, 3.63) is 42.1 Å². The number of amides is 1. The average Bonchev–Trinajstić information content (AvgIpc) is 2.94. The second kappa shape index (κ2) is 7.50. The predicted molar refractivity (Wildman–Crippen MR) is 89.8 cm³/mol. The van der Waals surface area contributed by atoms with Crippen LogP contribution in [0, 0.1) is 11.8 Å². The lowest BCUT2D eigenvalue weighted by atomic mass is 10.1. The molecule has 1 amide bonds. The van der Waals surface area contributed by atoms with E-state index in [4.69, 9.17) is 4.74 Å². The van der Waals surface area contributed by atoms with Crippen molar-refractivity contribution in [2.75, 3.05) is 6.54 Å². The van der Waals surface area contributed by atoms with Crippen LogP contribution in [-0.4, -0.2) is 28.4 Å². The highest BCUT2D eigenvalue weighted by Gasteiger charge is 2.15. The third kappa shape index (κ3) is 5.51. The van der Waals surface area contributed by atoms with E-state index in [-0.39, 0.29) is 0 Å². The maximum atomic E-state index is 11.5. The summed E-state index contributed by atoms with van der Waals surface area (Å²) in [7, 11) is 0.